The molecule has 1 aromatic rings. The van der Waals surface area contributed by atoms with Crippen LogP contribution >= 0.6 is 11.6 Å². The van der Waals surface area contributed by atoms with Crippen molar-refractivity contribution in [1.29, 1.82) is 0 Å². The second-order valence-corrected chi connectivity index (χ2v) is 6.89. The van der Waals surface area contributed by atoms with Gasteiger partial charge in [0.05, 0.1) is 28.7 Å². The molecule has 0 aliphatic rings. The Hall–Kier alpha value is -0.940. The highest BCUT2D eigenvalue weighted by atomic mass is 35.5. The first kappa shape index (κ1) is 15.1. The Balaban J connectivity index is 3.15. The summed E-state index contributed by atoms with van der Waals surface area (Å²) < 4.78 is 33.6. The molecule has 0 aliphatic heterocycles. The van der Waals surface area contributed by atoms with Gasteiger partial charge in [-0.25, -0.2) is 8.60 Å². The summed E-state index contributed by atoms with van der Waals surface area (Å²) in [5, 5.41) is -0.0935. The van der Waals surface area contributed by atoms with Crippen molar-refractivity contribution in [2.24, 2.45) is 4.40 Å². The zero-order chi connectivity index (χ0) is 13.9. The number of methoxy groups -OCH3 is 1. The first-order valence-electron chi connectivity index (χ1n) is 5.25. The Labute approximate surface area is 114 Å². The van der Waals surface area contributed by atoms with Gasteiger partial charge in [-0.2, -0.15) is 4.40 Å². The molecule has 0 spiro atoms. The molecule has 0 N–H and O–H groups in total. The van der Waals surface area contributed by atoms with E-state index in [0.717, 1.165) is 0 Å². The molecule has 0 unspecified atom stereocenters. The summed E-state index contributed by atoms with van der Waals surface area (Å²) >= 11 is 5.83. The van der Waals surface area contributed by atoms with Crippen molar-refractivity contribution in [2.75, 3.05) is 7.11 Å². The molecule has 1 atom stereocenters. The van der Waals surface area contributed by atoms with E-state index in [-0.39, 0.29) is 10.6 Å². The fraction of sp³-hybridized carbons (Fsp3) is 0.417. The number of halogens is 2. The maximum Gasteiger partial charge on any atom is 0.144 e. The SMILES string of the molecule is COc1ccc(F)c(Cl)c1/C=N/[S@@](=O)C(C)(C)C. The van der Waals surface area contributed by atoms with Crippen molar-refractivity contribution in [1.82, 2.24) is 0 Å². The summed E-state index contributed by atoms with van der Waals surface area (Å²) in [4.78, 5) is 0. The summed E-state index contributed by atoms with van der Waals surface area (Å²) in [6, 6.07) is 2.65. The van der Waals surface area contributed by atoms with Crippen LogP contribution in [-0.2, 0) is 11.0 Å². The molecule has 6 heteroatoms. The van der Waals surface area contributed by atoms with Crippen molar-refractivity contribution < 1.29 is 13.3 Å². The zero-order valence-corrected chi connectivity index (χ0v) is 12.2. The number of hydrogen-bond acceptors (Lipinski definition) is 2. The van der Waals surface area contributed by atoms with E-state index in [0.29, 0.717) is 5.75 Å². The zero-order valence-electron chi connectivity index (χ0n) is 10.7. The maximum absolute atomic E-state index is 13.3. The molecule has 0 radical (unpaired) electrons. The van der Waals surface area contributed by atoms with E-state index < -0.39 is 21.5 Å². The molecule has 1 rings (SSSR count). The van der Waals surface area contributed by atoms with Crippen LogP contribution in [0.1, 0.15) is 26.3 Å². The largest absolute Gasteiger partial charge is 0.496 e. The third-order valence-electron chi connectivity index (χ3n) is 2.11. The van der Waals surface area contributed by atoms with E-state index in [4.69, 9.17) is 16.3 Å². The lowest BCUT2D eigenvalue weighted by molar-refractivity contribution is 0.413. The predicted molar refractivity (Wildman–Crippen MR) is 73.5 cm³/mol. The van der Waals surface area contributed by atoms with Crippen molar-refractivity contribution in [3.05, 3.63) is 28.5 Å². The lowest BCUT2D eigenvalue weighted by Crippen LogP contribution is -2.19. The van der Waals surface area contributed by atoms with Gasteiger partial charge >= 0.3 is 0 Å². The van der Waals surface area contributed by atoms with E-state index in [9.17, 15) is 8.60 Å². The number of ether oxygens (including phenoxy) is 1. The molecular weight excluding hydrogens is 277 g/mol. The Kier molecular flexibility index (Phi) is 4.87. The molecule has 0 aromatic heterocycles. The van der Waals surface area contributed by atoms with Crippen LogP contribution in [0.3, 0.4) is 0 Å². The highest BCUT2D eigenvalue weighted by Crippen LogP contribution is 2.27. The number of hydrogen-bond donors (Lipinski definition) is 0. The van der Waals surface area contributed by atoms with Crippen LogP contribution in [0.2, 0.25) is 5.02 Å². The van der Waals surface area contributed by atoms with Crippen molar-refractivity contribution in [3.8, 4) is 5.75 Å². The second kappa shape index (κ2) is 5.80. The predicted octanol–water partition coefficient (Wildman–Crippen LogP) is 3.37. The number of nitrogens with zero attached hydrogens (tertiary/aromatic N) is 1. The first-order valence-corrected chi connectivity index (χ1v) is 6.74. The molecule has 0 aliphatic carbocycles. The number of rotatable bonds is 3. The Bertz CT molecular complexity index is 498. The minimum Gasteiger partial charge on any atom is -0.496 e. The molecule has 1 aromatic carbocycles. The molecule has 0 amide bonds. The van der Waals surface area contributed by atoms with Crippen LogP contribution in [0, 0.1) is 5.82 Å². The lowest BCUT2D eigenvalue weighted by atomic mass is 10.2. The molecule has 0 heterocycles. The lowest BCUT2D eigenvalue weighted by Gasteiger charge is -2.13. The molecule has 100 valence electrons. The van der Waals surface area contributed by atoms with Gasteiger partial charge in [0.25, 0.3) is 0 Å². The van der Waals surface area contributed by atoms with Crippen LogP contribution in [0.5, 0.6) is 5.75 Å². The monoisotopic (exact) mass is 291 g/mol. The summed E-state index contributed by atoms with van der Waals surface area (Å²) in [6.45, 7) is 5.39. The third-order valence-corrected chi connectivity index (χ3v) is 3.84. The Morgan fingerprint density at radius 3 is 2.56 bits per heavy atom. The topological polar surface area (TPSA) is 38.7 Å². The van der Waals surface area contributed by atoms with Crippen LogP contribution < -0.4 is 4.74 Å². The van der Waals surface area contributed by atoms with E-state index in [1.807, 2.05) is 0 Å². The number of benzene rings is 1. The van der Waals surface area contributed by atoms with Crippen molar-refractivity contribution in [3.63, 3.8) is 0 Å². The molecule has 0 fully saturated rings. The van der Waals surface area contributed by atoms with E-state index in [2.05, 4.69) is 4.40 Å². The van der Waals surface area contributed by atoms with Crippen molar-refractivity contribution in [2.45, 2.75) is 25.5 Å². The average Bonchev–Trinajstić information content (AvgIpc) is 2.29. The molecule has 0 saturated heterocycles. The van der Waals surface area contributed by atoms with Gasteiger partial charge < -0.3 is 4.74 Å². The second-order valence-electron chi connectivity index (χ2n) is 4.57. The maximum atomic E-state index is 13.3. The van der Waals surface area contributed by atoms with E-state index in [1.165, 1.54) is 25.5 Å². The Morgan fingerprint density at radius 1 is 1.44 bits per heavy atom. The molecular formula is C12H15ClFNO2S. The van der Waals surface area contributed by atoms with Crippen LogP contribution in [0.25, 0.3) is 0 Å². The summed E-state index contributed by atoms with van der Waals surface area (Å²) in [5.41, 5.74) is 0.289. The van der Waals surface area contributed by atoms with E-state index >= 15 is 0 Å². The molecule has 0 saturated carbocycles. The van der Waals surface area contributed by atoms with Gasteiger partial charge in [0.2, 0.25) is 0 Å². The van der Waals surface area contributed by atoms with Gasteiger partial charge in [0.15, 0.2) is 0 Å². The quantitative estimate of drug-likeness (QED) is 0.801. The average molecular weight is 292 g/mol. The van der Waals surface area contributed by atoms with Crippen molar-refractivity contribution >= 4 is 28.8 Å². The Morgan fingerprint density at radius 2 is 2.06 bits per heavy atom. The fourth-order valence-corrected chi connectivity index (χ4v) is 1.83. The van der Waals surface area contributed by atoms with Crippen LogP contribution in [0.15, 0.2) is 16.5 Å². The highest BCUT2D eigenvalue weighted by Gasteiger charge is 2.19. The normalized spacial score (nSPS) is 13.9. The van der Waals surface area contributed by atoms with Gasteiger partial charge in [-0.3, -0.25) is 0 Å². The van der Waals surface area contributed by atoms with Gasteiger partial charge in [-0.05, 0) is 32.9 Å². The summed E-state index contributed by atoms with van der Waals surface area (Å²) in [7, 11) is 0.0159. The summed E-state index contributed by atoms with van der Waals surface area (Å²) in [5.74, 6) is -0.184. The fourth-order valence-electron chi connectivity index (χ4n) is 1.11. The molecule has 0 bridgehead atoms. The van der Waals surface area contributed by atoms with Gasteiger partial charge in [0, 0.05) is 0 Å². The minimum absolute atomic E-state index is 0.0935. The van der Waals surface area contributed by atoms with Gasteiger partial charge in [-0.15, -0.1) is 0 Å². The van der Waals surface area contributed by atoms with Gasteiger partial charge in [0.1, 0.15) is 22.6 Å². The standard InChI is InChI=1S/C12H15ClFNO2S/c1-12(2,3)18(16)15-7-8-10(17-4)6-5-9(14)11(8)13/h5-7H,1-4H3/b15-7+/t18-/m0/s1. The molecule has 3 nitrogen and oxygen atoms in total. The van der Waals surface area contributed by atoms with Gasteiger partial charge in [-0.1, -0.05) is 11.6 Å². The van der Waals surface area contributed by atoms with E-state index in [1.54, 1.807) is 20.8 Å². The molecule has 18 heavy (non-hydrogen) atoms. The van der Waals surface area contributed by atoms with Crippen LogP contribution in [0.4, 0.5) is 4.39 Å². The minimum atomic E-state index is -1.43. The smallest absolute Gasteiger partial charge is 0.144 e. The first-order chi connectivity index (χ1) is 8.27. The van der Waals surface area contributed by atoms with Crippen LogP contribution in [-0.4, -0.2) is 22.3 Å². The highest BCUT2D eigenvalue weighted by molar-refractivity contribution is 7.85. The summed E-state index contributed by atoms with van der Waals surface area (Å²) in [6.07, 6.45) is 1.28. The third kappa shape index (κ3) is 3.53.